The lowest BCUT2D eigenvalue weighted by molar-refractivity contribution is -0.126. The normalized spacial score (nSPS) is 17.5. The largest absolute Gasteiger partial charge is 0.324 e. The fraction of sp³-hybridized carbons (Fsp3) is 0.909. The molecule has 0 amide bonds. The number of thioether (sulfide) groups is 2. The summed E-state index contributed by atoms with van der Waals surface area (Å²) >= 11 is 4.27. The Labute approximate surface area is 181 Å². The molecule has 0 atom stereocenters. The maximum Gasteiger partial charge on any atom is 0.151 e. The van der Waals surface area contributed by atoms with E-state index in [1.54, 1.807) is 0 Å². The van der Waals surface area contributed by atoms with Crippen molar-refractivity contribution in [2.75, 3.05) is 24.6 Å². The average molecular weight is 431 g/mol. The minimum Gasteiger partial charge on any atom is -0.324 e. The number of hydrogen-bond donors (Lipinski definition) is 2. The Kier molecular flexibility index (Phi) is 11.1. The molecule has 28 heavy (non-hydrogen) atoms. The second-order valence-corrected chi connectivity index (χ2v) is 12.6. The molecule has 0 bridgehead atoms. The van der Waals surface area contributed by atoms with E-state index in [2.05, 4.69) is 23.5 Å². The van der Waals surface area contributed by atoms with Crippen LogP contribution in [0.3, 0.4) is 0 Å². The molecule has 6 heteroatoms. The molecule has 1 fully saturated rings. The SMILES string of the molecule is CC(C)(CCCCC1(CCCCC(C)(C)C(=O)CN)SCCCS1)C(=O)CN. The van der Waals surface area contributed by atoms with E-state index in [1.807, 2.05) is 27.7 Å². The summed E-state index contributed by atoms with van der Waals surface area (Å²) in [4.78, 5) is 23.9. The van der Waals surface area contributed by atoms with Gasteiger partial charge in [-0.1, -0.05) is 53.4 Å². The Morgan fingerprint density at radius 2 is 1.18 bits per heavy atom. The molecule has 0 saturated carbocycles. The molecule has 0 aromatic rings. The van der Waals surface area contributed by atoms with E-state index in [0.29, 0.717) is 4.08 Å². The van der Waals surface area contributed by atoms with Gasteiger partial charge in [-0.25, -0.2) is 0 Å². The van der Waals surface area contributed by atoms with Crippen molar-refractivity contribution >= 4 is 35.1 Å². The molecular weight excluding hydrogens is 388 g/mol. The smallest absolute Gasteiger partial charge is 0.151 e. The molecule has 0 spiro atoms. The number of carbonyl (C=O) groups excluding carboxylic acids is 2. The van der Waals surface area contributed by atoms with Gasteiger partial charge in [-0.05, 0) is 43.6 Å². The second-order valence-electron chi connectivity index (χ2n) is 9.40. The predicted molar refractivity (Wildman–Crippen MR) is 125 cm³/mol. The predicted octanol–water partition coefficient (Wildman–Crippen LogP) is 4.78. The molecule has 1 aliphatic rings. The molecule has 1 aliphatic heterocycles. The number of carbonyl (C=O) groups is 2. The molecule has 4 N–H and O–H groups in total. The third kappa shape index (κ3) is 8.37. The first-order valence-corrected chi connectivity index (χ1v) is 12.8. The standard InChI is InChI=1S/C22H42N2O2S2/c1-20(2,18(25)16-23)10-5-7-12-22(27-14-9-15-28-22)13-8-6-11-21(3,4)19(26)17-24/h5-17,23-24H2,1-4H3. The summed E-state index contributed by atoms with van der Waals surface area (Å²) in [5, 5.41) is 0. The van der Waals surface area contributed by atoms with E-state index in [9.17, 15) is 9.59 Å². The van der Waals surface area contributed by atoms with Gasteiger partial charge in [0.2, 0.25) is 0 Å². The van der Waals surface area contributed by atoms with Gasteiger partial charge in [0.15, 0.2) is 11.6 Å². The molecule has 4 nitrogen and oxygen atoms in total. The fourth-order valence-corrected chi connectivity index (χ4v) is 7.28. The minimum atomic E-state index is -0.296. The van der Waals surface area contributed by atoms with Gasteiger partial charge in [0.1, 0.15) is 0 Å². The first kappa shape index (κ1) is 26.0. The third-order valence-corrected chi connectivity index (χ3v) is 9.68. The van der Waals surface area contributed by atoms with Crippen LogP contribution in [0, 0.1) is 10.8 Å². The van der Waals surface area contributed by atoms with E-state index in [-0.39, 0.29) is 35.5 Å². The van der Waals surface area contributed by atoms with Crippen LogP contribution in [0.15, 0.2) is 0 Å². The second kappa shape index (κ2) is 12.0. The van der Waals surface area contributed by atoms with Crippen molar-refractivity contribution in [3.05, 3.63) is 0 Å². The zero-order valence-corrected chi connectivity index (χ0v) is 20.1. The lowest BCUT2D eigenvalue weighted by atomic mass is 9.82. The van der Waals surface area contributed by atoms with Crippen molar-refractivity contribution < 1.29 is 9.59 Å². The maximum atomic E-state index is 12.0. The number of ketones is 2. The summed E-state index contributed by atoms with van der Waals surface area (Å²) < 4.78 is 0.322. The number of nitrogens with two attached hydrogens (primary N) is 2. The van der Waals surface area contributed by atoms with E-state index in [1.165, 1.54) is 43.6 Å². The topological polar surface area (TPSA) is 86.2 Å². The molecule has 1 rings (SSSR count). The average Bonchev–Trinajstić information content (AvgIpc) is 2.68. The van der Waals surface area contributed by atoms with Crippen LogP contribution in [-0.2, 0) is 9.59 Å². The lowest BCUT2D eigenvalue weighted by Crippen LogP contribution is -2.31. The summed E-state index contributed by atoms with van der Waals surface area (Å²) in [6.07, 6.45) is 10.1. The number of Topliss-reactive ketones (excluding diaryl/α,β-unsaturated/α-hetero) is 2. The maximum absolute atomic E-state index is 12.0. The van der Waals surface area contributed by atoms with Gasteiger partial charge in [0, 0.05) is 10.8 Å². The van der Waals surface area contributed by atoms with E-state index >= 15 is 0 Å². The first-order valence-electron chi connectivity index (χ1n) is 10.8. The Bertz CT molecular complexity index is 463. The van der Waals surface area contributed by atoms with Crippen LogP contribution in [-0.4, -0.2) is 40.2 Å². The molecule has 1 saturated heterocycles. The molecule has 164 valence electrons. The van der Waals surface area contributed by atoms with Crippen molar-refractivity contribution in [3.8, 4) is 0 Å². The number of rotatable bonds is 14. The molecular formula is C22H42N2O2S2. The number of unbranched alkanes of at least 4 members (excludes halogenated alkanes) is 2. The minimum absolute atomic E-state index is 0.144. The lowest BCUT2D eigenvalue weighted by Gasteiger charge is -2.37. The highest BCUT2D eigenvalue weighted by molar-refractivity contribution is 8.18. The van der Waals surface area contributed by atoms with Crippen LogP contribution in [0.4, 0.5) is 0 Å². The highest BCUT2D eigenvalue weighted by atomic mass is 32.2. The Hall–Kier alpha value is -0.0400. The third-order valence-electron chi connectivity index (χ3n) is 6.12. The van der Waals surface area contributed by atoms with Crippen molar-refractivity contribution in [1.82, 2.24) is 0 Å². The van der Waals surface area contributed by atoms with Crippen molar-refractivity contribution in [1.29, 1.82) is 0 Å². The Balaban J connectivity index is 2.46. The first-order chi connectivity index (χ1) is 13.1. The van der Waals surface area contributed by atoms with Crippen LogP contribution in [0.2, 0.25) is 0 Å². The summed E-state index contributed by atoms with van der Waals surface area (Å²) in [5.74, 6) is 2.83. The Morgan fingerprint density at radius 3 is 1.54 bits per heavy atom. The highest BCUT2D eigenvalue weighted by Gasteiger charge is 2.34. The molecule has 0 unspecified atom stereocenters. The van der Waals surface area contributed by atoms with Crippen molar-refractivity contribution in [2.24, 2.45) is 22.3 Å². The van der Waals surface area contributed by atoms with Crippen molar-refractivity contribution in [3.63, 3.8) is 0 Å². The van der Waals surface area contributed by atoms with E-state index in [0.717, 1.165) is 25.7 Å². The zero-order valence-electron chi connectivity index (χ0n) is 18.5. The fourth-order valence-electron chi connectivity index (χ4n) is 3.78. The van der Waals surface area contributed by atoms with Crippen LogP contribution in [0.25, 0.3) is 0 Å². The van der Waals surface area contributed by atoms with Crippen molar-refractivity contribution in [2.45, 2.75) is 89.6 Å². The monoisotopic (exact) mass is 430 g/mol. The number of hydrogen-bond acceptors (Lipinski definition) is 6. The van der Waals surface area contributed by atoms with Gasteiger partial charge >= 0.3 is 0 Å². The van der Waals surface area contributed by atoms with Gasteiger partial charge in [0.25, 0.3) is 0 Å². The summed E-state index contributed by atoms with van der Waals surface area (Å²) in [5.41, 5.74) is 10.5. The van der Waals surface area contributed by atoms with Gasteiger partial charge in [-0.15, -0.1) is 23.5 Å². The Morgan fingerprint density at radius 1 is 0.786 bits per heavy atom. The summed E-state index contributed by atoms with van der Waals surface area (Å²) in [6, 6.07) is 0. The van der Waals surface area contributed by atoms with Crippen LogP contribution >= 0.6 is 23.5 Å². The molecule has 0 aliphatic carbocycles. The van der Waals surface area contributed by atoms with E-state index < -0.39 is 0 Å². The van der Waals surface area contributed by atoms with Gasteiger partial charge < -0.3 is 11.5 Å². The molecule has 1 heterocycles. The quantitative estimate of drug-likeness (QED) is 0.386. The summed E-state index contributed by atoms with van der Waals surface area (Å²) in [7, 11) is 0. The van der Waals surface area contributed by atoms with Crippen LogP contribution < -0.4 is 11.5 Å². The van der Waals surface area contributed by atoms with E-state index in [4.69, 9.17) is 11.5 Å². The molecule has 0 radical (unpaired) electrons. The van der Waals surface area contributed by atoms with Gasteiger partial charge in [-0.2, -0.15) is 0 Å². The summed E-state index contributed by atoms with van der Waals surface area (Å²) in [6.45, 7) is 8.37. The molecule has 0 aromatic carbocycles. The van der Waals surface area contributed by atoms with Crippen LogP contribution in [0.5, 0.6) is 0 Å². The highest BCUT2D eigenvalue weighted by Crippen LogP contribution is 2.49. The van der Waals surface area contributed by atoms with Crippen LogP contribution in [0.1, 0.15) is 85.5 Å². The zero-order chi connectivity index (χ0) is 21.3. The van der Waals surface area contributed by atoms with Gasteiger partial charge in [-0.3, -0.25) is 9.59 Å². The molecule has 0 aromatic heterocycles. The van der Waals surface area contributed by atoms with Gasteiger partial charge in [0.05, 0.1) is 17.2 Å².